The van der Waals surface area contributed by atoms with Crippen molar-refractivity contribution in [1.29, 1.82) is 0 Å². The number of hydrogen-bond acceptors (Lipinski definition) is 3. The fraction of sp³-hybridized carbons (Fsp3) is 0.571. The Hall–Kier alpha value is -1.62. The minimum absolute atomic E-state index is 0.0908. The van der Waals surface area contributed by atoms with Gasteiger partial charge in [-0.3, -0.25) is 4.68 Å². The molecule has 3 rings (SSSR count). The zero-order valence-corrected chi connectivity index (χ0v) is 11.4. The highest BCUT2D eigenvalue weighted by Crippen LogP contribution is 2.28. The molecule has 0 aromatic carbocycles. The standard InChI is InChI=1S/C14H21N5/c1-18-9-7-16-14(18)13(15)10-11-6-8-19(17-11)12-4-2-3-5-12/h6-9,12-13H,2-5,10,15H2,1H3. The van der Waals surface area contributed by atoms with Gasteiger partial charge in [-0.15, -0.1) is 0 Å². The van der Waals surface area contributed by atoms with Crippen molar-refractivity contribution in [1.82, 2.24) is 19.3 Å². The lowest BCUT2D eigenvalue weighted by Gasteiger charge is -2.11. The molecule has 0 radical (unpaired) electrons. The summed E-state index contributed by atoms with van der Waals surface area (Å²) in [5.41, 5.74) is 7.26. The number of hydrogen-bond donors (Lipinski definition) is 1. The number of nitrogens with zero attached hydrogens (tertiary/aromatic N) is 4. The van der Waals surface area contributed by atoms with Crippen LogP contribution in [0, 0.1) is 0 Å². The van der Waals surface area contributed by atoms with Gasteiger partial charge < -0.3 is 10.3 Å². The normalized spacial score (nSPS) is 18.0. The van der Waals surface area contributed by atoms with Crippen molar-refractivity contribution < 1.29 is 0 Å². The second-order valence-corrected chi connectivity index (χ2v) is 5.43. The average molecular weight is 259 g/mol. The second kappa shape index (κ2) is 5.17. The van der Waals surface area contributed by atoms with Gasteiger partial charge in [-0.1, -0.05) is 12.8 Å². The lowest BCUT2D eigenvalue weighted by Crippen LogP contribution is -2.18. The fourth-order valence-electron chi connectivity index (χ4n) is 2.91. The van der Waals surface area contributed by atoms with Gasteiger partial charge in [0.05, 0.1) is 17.8 Å². The minimum Gasteiger partial charge on any atom is -0.337 e. The summed E-state index contributed by atoms with van der Waals surface area (Å²) in [6, 6.07) is 2.59. The molecule has 2 aromatic heterocycles. The SMILES string of the molecule is Cn1ccnc1C(N)Cc1ccn(C2CCCC2)n1. The van der Waals surface area contributed by atoms with E-state index in [2.05, 4.69) is 27.0 Å². The van der Waals surface area contributed by atoms with Crippen LogP contribution in [0.1, 0.15) is 49.3 Å². The molecule has 0 spiro atoms. The minimum atomic E-state index is -0.0908. The Balaban J connectivity index is 1.68. The Kier molecular flexibility index (Phi) is 3.38. The number of rotatable bonds is 4. The van der Waals surface area contributed by atoms with Gasteiger partial charge in [-0.05, 0) is 18.9 Å². The molecule has 1 fully saturated rings. The number of aromatic nitrogens is 4. The predicted octanol–water partition coefficient (Wildman–Crippen LogP) is 1.97. The van der Waals surface area contributed by atoms with Gasteiger partial charge in [0.25, 0.3) is 0 Å². The van der Waals surface area contributed by atoms with Crippen molar-refractivity contribution in [3.8, 4) is 0 Å². The Morgan fingerprint density at radius 3 is 2.84 bits per heavy atom. The summed E-state index contributed by atoms with van der Waals surface area (Å²) in [5, 5.41) is 4.67. The molecule has 1 aliphatic carbocycles. The first kappa shape index (κ1) is 12.4. The molecule has 2 aromatic rings. The molecule has 102 valence electrons. The van der Waals surface area contributed by atoms with Crippen molar-refractivity contribution in [2.45, 2.75) is 44.2 Å². The van der Waals surface area contributed by atoms with Gasteiger partial charge >= 0.3 is 0 Å². The first-order valence-electron chi connectivity index (χ1n) is 7.01. The third-order valence-electron chi connectivity index (χ3n) is 3.98. The van der Waals surface area contributed by atoms with E-state index < -0.39 is 0 Å². The summed E-state index contributed by atoms with van der Waals surface area (Å²) < 4.78 is 4.09. The molecule has 1 saturated carbocycles. The molecule has 2 heterocycles. The Labute approximate surface area is 113 Å². The highest BCUT2D eigenvalue weighted by Gasteiger charge is 2.19. The van der Waals surface area contributed by atoms with Crippen LogP contribution in [0.4, 0.5) is 0 Å². The molecule has 0 bridgehead atoms. The Bertz CT molecular complexity index is 536. The molecule has 0 saturated heterocycles. The number of nitrogens with two attached hydrogens (primary N) is 1. The van der Waals surface area contributed by atoms with Crippen molar-refractivity contribution in [2.24, 2.45) is 12.8 Å². The largest absolute Gasteiger partial charge is 0.337 e. The zero-order chi connectivity index (χ0) is 13.2. The van der Waals surface area contributed by atoms with Crippen LogP contribution in [0.5, 0.6) is 0 Å². The molecule has 0 amide bonds. The maximum Gasteiger partial charge on any atom is 0.125 e. The molecular formula is C14H21N5. The lowest BCUT2D eigenvalue weighted by molar-refractivity contribution is 0.460. The third-order valence-corrected chi connectivity index (χ3v) is 3.98. The fourth-order valence-corrected chi connectivity index (χ4v) is 2.91. The van der Waals surface area contributed by atoms with Crippen LogP contribution in [-0.2, 0) is 13.5 Å². The van der Waals surface area contributed by atoms with Gasteiger partial charge in [0.15, 0.2) is 0 Å². The highest BCUT2D eigenvalue weighted by atomic mass is 15.3. The summed E-state index contributed by atoms with van der Waals surface area (Å²) in [7, 11) is 1.97. The number of aryl methyl sites for hydroxylation is 1. The van der Waals surface area contributed by atoms with Gasteiger partial charge in [-0.25, -0.2) is 4.98 Å². The van der Waals surface area contributed by atoms with E-state index in [1.54, 1.807) is 6.20 Å². The van der Waals surface area contributed by atoms with Crippen LogP contribution in [-0.4, -0.2) is 19.3 Å². The zero-order valence-electron chi connectivity index (χ0n) is 11.4. The quantitative estimate of drug-likeness (QED) is 0.913. The van der Waals surface area contributed by atoms with Crippen LogP contribution >= 0.6 is 0 Å². The summed E-state index contributed by atoms with van der Waals surface area (Å²) >= 11 is 0. The molecule has 1 atom stereocenters. The first-order valence-corrected chi connectivity index (χ1v) is 7.01. The predicted molar refractivity (Wildman–Crippen MR) is 73.6 cm³/mol. The molecule has 0 aliphatic heterocycles. The van der Waals surface area contributed by atoms with Crippen LogP contribution in [0.25, 0.3) is 0 Å². The Morgan fingerprint density at radius 2 is 2.16 bits per heavy atom. The summed E-state index contributed by atoms with van der Waals surface area (Å²) in [4.78, 5) is 4.30. The van der Waals surface area contributed by atoms with E-state index in [4.69, 9.17) is 5.73 Å². The molecular weight excluding hydrogens is 238 g/mol. The number of imidazole rings is 1. The van der Waals surface area contributed by atoms with Crippen molar-refractivity contribution >= 4 is 0 Å². The van der Waals surface area contributed by atoms with Gasteiger partial charge in [0.2, 0.25) is 0 Å². The van der Waals surface area contributed by atoms with Gasteiger partial charge in [0.1, 0.15) is 5.82 Å². The third kappa shape index (κ3) is 2.56. The molecule has 5 heteroatoms. The van der Waals surface area contributed by atoms with Crippen LogP contribution < -0.4 is 5.73 Å². The maximum absolute atomic E-state index is 6.20. The van der Waals surface area contributed by atoms with Crippen molar-refractivity contribution in [2.75, 3.05) is 0 Å². The topological polar surface area (TPSA) is 61.7 Å². The van der Waals surface area contributed by atoms with E-state index in [-0.39, 0.29) is 6.04 Å². The van der Waals surface area contributed by atoms with Crippen LogP contribution in [0.2, 0.25) is 0 Å². The second-order valence-electron chi connectivity index (χ2n) is 5.43. The van der Waals surface area contributed by atoms with Gasteiger partial charge in [-0.2, -0.15) is 5.10 Å². The summed E-state index contributed by atoms with van der Waals surface area (Å²) in [5.74, 6) is 0.912. The summed E-state index contributed by atoms with van der Waals surface area (Å²) in [6.45, 7) is 0. The highest BCUT2D eigenvalue weighted by molar-refractivity contribution is 5.07. The summed E-state index contributed by atoms with van der Waals surface area (Å²) in [6.07, 6.45) is 11.7. The van der Waals surface area contributed by atoms with E-state index >= 15 is 0 Å². The maximum atomic E-state index is 6.20. The smallest absolute Gasteiger partial charge is 0.125 e. The lowest BCUT2D eigenvalue weighted by atomic mass is 10.1. The Morgan fingerprint density at radius 1 is 1.37 bits per heavy atom. The van der Waals surface area contributed by atoms with Crippen LogP contribution in [0.15, 0.2) is 24.7 Å². The molecule has 19 heavy (non-hydrogen) atoms. The molecule has 1 aliphatic rings. The van der Waals surface area contributed by atoms with E-state index in [1.807, 2.05) is 17.8 Å². The van der Waals surface area contributed by atoms with Crippen molar-refractivity contribution in [3.05, 3.63) is 36.2 Å². The van der Waals surface area contributed by atoms with E-state index in [1.165, 1.54) is 25.7 Å². The first-order chi connectivity index (χ1) is 9.24. The molecule has 1 unspecified atom stereocenters. The van der Waals surface area contributed by atoms with Crippen molar-refractivity contribution in [3.63, 3.8) is 0 Å². The average Bonchev–Trinajstić information content (AvgIpc) is 3.07. The van der Waals surface area contributed by atoms with Gasteiger partial charge in [0, 0.05) is 32.1 Å². The molecule has 2 N–H and O–H groups in total. The van der Waals surface area contributed by atoms with E-state index in [0.717, 1.165) is 17.9 Å². The van der Waals surface area contributed by atoms with E-state index in [9.17, 15) is 0 Å². The van der Waals surface area contributed by atoms with E-state index in [0.29, 0.717) is 6.04 Å². The molecule has 5 nitrogen and oxygen atoms in total. The van der Waals surface area contributed by atoms with Crippen LogP contribution in [0.3, 0.4) is 0 Å². The monoisotopic (exact) mass is 259 g/mol.